The fourth-order valence-corrected chi connectivity index (χ4v) is 5.10. The number of hydrogen-bond donors (Lipinski definition) is 2. The van der Waals surface area contributed by atoms with E-state index in [2.05, 4.69) is 10.6 Å². The molecule has 0 spiro atoms. The molecule has 3 aromatic carbocycles. The number of hydrogen-bond acceptors (Lipinski definition) is 5. The summed E-state index contributed by atoms with van der Waals surface area (Å²) >= 11 is 6.19. The summed E-state index contributed by atoms with van der Waals surface area (Å²) in [5.74, 6) is -0.770. The van der Waals surface area contributed by atoms with Gasteiger partial charge in [-0.1, -0.05) is 48.4 Å². The molecule has 1 atom stereocenters. The first-order valence-corrected chi connectivity index (χ1v) is 13.5. The molecular formula is C27H30ClN3O5S. The number of carbonyl (C=O) groups excluding carboxylic acids is 2. The van der Waals surface area contributed by atoms with Crippen LogP contribution in [0.1, 0.15) is 36.2 Å². The summed E-state index contributed by atoms with van der Waals surface area (Å²) in [6.45, 7) is 5.09. The van der Waals surface area contributed by atoms with E-state index >= 15 is 0 Å². The molecule has 37 heavy (non-hydrogen) atoms. The molecule has 196 valence electrons. The fraction of sp³-hybridized carbons (Fsp3) is 0.259. The van der Waals surface area contributed by atoms with Gasteiger partial charge in [-0.25, -0.2) is 8.42 Å². The Kier molecular flexibility index (Phi) is 9.18. The number of nitrogens with one attached hydrogen (secondary N) is 2. The monoisotopic (exact) mass is 543 g/mol. The number of sulfonamides is 1. The highest BCUT2D eigenvalue weighted by molar-refractivity contribution is 7.92. The van der Waals surface area contributed by atoms with Crippen molar-refractivity contribution in [3.05, 3.63) is 82.9 Å². The zero-order chi connectivity index (χ0) is 27.2. The first kappa shape index (κ1) is 28.0. The van der Waals surface area contributed by atoms with Crippen molar-refractivity contribution in [3.63, 3.8) is 0 Å². The average molecular weight is 544 g/mol. The van der Waals surface area contributed by atoms with E-state index < -0.39 is 22.5 Å². The number of ether oxygens (including phenoxy) is 1. The maximum Gasteiger partial charge on any atom is 0.264 e. The van der Waals surface area contributed by atoms with Crippen molar-refractivity contribution in [2.24, 2.45) is 0 Å². The molecule has 2 amide bonds. The lowest BCUT2D eigenvalue weighted by molar-refractivity contribution is -0.114. The van der Waals surface area contributed by atoms with Crippen LogP contribution >= 0.6 is 11.6 Å². The SMILES string of the molecule is CC[C@@H](C)NC(=O)c1ccccc1NC(=O)CN(c1cc(Cl)ccc1OC)S(=O)(=O)c1ccc(C)cc1. The molecule has 3 rings (SSSR count). The molecule has 0 saturated heterocycles. The summed E-state index contributed by atoms with van der Waals surface area (Å²) in [7, 11) is -2.80. The van der Waals surface area contributed by atoms with Crippen LogP contribution < -0.4 is 19.7 Å². The summed E-state index contributed by atoms with van der Waals surface area (Å²) in [4.78, 5) is 26.0. The van der Waals surface area contributed by atoms with E-state index in [1.54, 1.807) is 42.5 Å². The maximum atomic E-state index is 13.7. The van der Waals surface area contributed by atoms with E-state index in [9.17, 15) is 18.0 Å². The molecule has 0 saturated carbocycles. The maximum absolute atomic E-state index is 13.7. The number of rotatable bonds is 10. The van der Waals surface area contributed by atoms with E-state index in [1.165, 1.54) is 31.4 Å². The number of aryl methyl sites for hydroxylation is 1. The lowest BCUT2D eigenvalue weighted by Crippen LogP contribution is -2.39. The highest BCUT2D eigenvalue weighted by Gasteiger charge is 2.30. The largest absolute Gasteiger partial charge is 0.495 e. The Morgan fingerprint density at radius 3 is 2.38 bits per heavy atom. The highest BCUT2D eigenvalue weighted by Crippen LogP contribution is 2.35. The third-order valence-electron chi connectivity index (χ3n) is 5.74. The van der Waals surface area contributed by atoms with Gasteiger partial charge >= 0.3 is 0 Å². The van der Waals surface area contributed by atoms with Gasteiger partial charge in [-0.3, -0.25) is 13.9 Å². The molecule has 3 aromatic rings. The van der Waals surface area contributed by atoms with Crippen LogP contribution in [0.25, 0.3) is 0 Å². The predicted molar refractivity (Wildman–Crippen MR) is 146 cm³/mol. The van der Waals surface area contributed by atoms with Gasteiger partial charge in [-0.05, 0) is 62.7 Å². The second-order valence-electron chi connectivity index (χ2n) is 8.52. The van der Waals surface area contributed by atoms with Crippen molar-refractivity contribution in [2.75, 3.05) is 23.3 Å². The van der Waals surface area contributed by atoms with E-state index in [-0.39, 0.29) is 44.6 Å². The van der Waals surface area contributed by atoms with Gasteiger partial charge in [0, 0.05) is 11.1 Å². The van der Waals surface area contributed by atoms with Crippen molar-refractivity contribution in [1.82, 2.24) is 5.32 Å². The van der Waals surface area contributed by atoms with Crippen LogP contribution in [-0.4, -0.2) is 39.9 Å². The highest BCUT2D eigenvalue weighted by atomic mass is 35.5. The number of anilines is 2. The summed E-state index contributed by atoms with van der Waals surface area (Å²) < 4.78 is 33.8. The lowest BCUT2D eigenvalue weighted by Gasteiger charge is -2.26. The van der Waals surface area contributed by atoms with Crippen LogP contribution in [0.5, 0.6) is 5.75 Å². The Balaban J connectivity index is 1.99. The Morgan fingerprint density at radius 2 is 1.73 bits per heavy atom. The zero-order valence-electron chi connectivity index (χ0n) is 21.1. The second kappa shape index (κ2) is 12.1. The Bertz CT molecular complexity index is 1380. The number of halogens is 1. The molecule has 0 aliphatic carbocycles. The zero-order valence-corrected chi connectivity index (χ0v) is 22.7. The molecule has 0 aliphatic heterocycles. The Labute approximate surface area is 222 Å². The van der Waals surface area contributed by atoms with E-state index in [0.717, 1.165) is 16.3 Å². The molecular weight excluding hydrogens is 514 g/mol. The normalized spacial score (nSPS) is 11.9. The van der Waals surface area contributed by atoms with Crippen LogP contribution in [-0.2, 0) is 14.8 Å². The summed E-state index contributed by atoms with van der Waals surface area (Å²) in [6.07, 6.45) is 0.744. The van der Waals surface area contributed by atoms with Gasteiger partial charge in [0.1, 0.15) is 12.3 Å². The van der Waals surface area contributed by atoms with E-state index in [1.807, 2.05) is 20.8 Å². The molecule has 8 nitrogen and oxygen atoms in total. The smallest absolute Gasteiger partial charge is 0.264 e. The average Bonchev–Trinajstić information content (AvgIpc) is 2.87. The molecule has 2 N–H and O–H groups in total. The number of nitrogens with zero attached hydrogens (tertiary/aromatic N) is 1. The summed E-state index contributed by atoms with van der Waals surface area (Å²) in [5, 5.41) is 5.83. The standard InChI is InChI=1S/C27H30ClN3O5S/c1-5-19(3)29-27(33)22-8-6-7-9-23(22)30-26(32)17-31(24-16-20(28)12-15-25(24)36-4)37(34,35)21-13-10-18(2)11-14-21/h6-16,19H,5,17H2,1-4H3,(H,29,33)(H,30,32)/t19-/m1/s1. The van der Waals surface area contributed by atoms with Crippen molar-refractivity contribution < 1.29 is 22.7 Å². The molecule has 0 fully saturated rings. The number of amides is 2. The number of carbonyl (C=O) groups is 2. The molecule has 10 heteroatoms. The third-order valence-corrected chi connectivity index (χ3v) is 7.75. The van der Waals surface area contributed by atoms with Crippen LogP contribution in [0.3, 0.4) is 0 Å². The van der Waals surface area contributed by atoms with Gasteiger partial charge in [-0.2, -0.15) is 0 Å². The first-order valence-electron chi connectivity index (χ1n) is 11.7. The van der Waals surface area contributed by atoms with Crippen LogP contribution in [0.15, 0.2) is 71.6 Å². The van der Waals surface area contributed by atoms with E-state index in [4.69, 9.17) is 16.3 Å². The minimum atomic E-state index is -4.20. The van der Waals surface area contributed by atoms with Crippen LogP contribution in [0.4, 0.5) is 11.4 Å². The Hall–Kier alpha value is -3.56. The van der Waals surface area contributed by atoms with Crippen molar-refractivity contribution in [1.29, 1.82) is 0 Å². The molecule has 0 bridgehead atoms. The Morgan fingerprint density at radius 1 is 1.05 bits per heavy atom. The van der Waals surface area contributed by atoms with Gasteiger partial charge in [0.25, 0.3) is 15.9 Å². The first-order chi connectivity index (χ1) is 17.6. The van der Waals surface area contributed by atoms with Crippen molar-refractivity contribution in [3.8, 4) is 5.75 Å². The van der Waals surface area contributed by atoms with Crippen LogP contribution in [0, 0.1) is 6.92 Å². The molecule has 0 unspecified atom stereocenters. The van der Waals surface area contributed by atoms with Gasteiger partial charge in [-0.15, -0.1) is 0 Å². The number of para-hydroxylation sites is 1. The van der Waals surface area contributed by atoms with Crippen LogP contribution in [0.2, 0.25) is 5.02 Å². The van der Waals surface area contributed by atoms with E-state index in [0.29, 0.717) is 0 Å². The number of benzene rings is 3. The molecule has 0 heterocycles. The summed E-state index contributed by atoms with van der Waals surface area (Å²) in [6, 6.07) is 17.3. The minimum absolute atomic E-state index is 0.00117. The van der Waals surface area contributed by atoms with Crippen molar-refractivity contribution >= 4 is 44.8 Å². The third kappa shape index (κ3) is 6.81. The van der Waals surface area contributed by atoms with Gasteiger partial charge in [0.2, 0.25) is 5.91 Å². The topological polar surface area (TPSA) is 105 Å². The molecule has 0 radical (unpaired) electrons. The fourth-order valence-electron chi connectivity index (χ4n) is 3.51. The van der Waals surface area contributed by atoms with Gasteiger partial charge in [0.05, 0.1) is 28.9 Å². The summed E-state index contributed by atoms with van der Waals surface area (Å²) in [5.41, 5.74) is 1.52. The quantitative estimate of drug-likeness (QED) is 0.373. The molecule has 0 aliphatic rings. The van der Waals surface area contributed by atoms with Crippen molar-refractivity contribution in [2.45, 2.75) is 38.1 Å². The minimum Gasteiger partial charge on any atom is -0.495 e. The predicted octanol–water partition coefficient (Wildman–Crippen LogP) is 5.02. The van der Waals surface area contributed by atoms with Gasteiger partial charge in [0.15, 0.2) is 0 Å². The molecule has 0 aromatic heterocycles. The second-order valence-corrected chi connectivity index (χ2v) is 10.8. The van der Waals surface area contributed by atoms with Gasteiger partial charge < -0.3 is 15.4 Å². The lowest BCUT2D eigenvalue weighted by atomic mass is 10.1. The number of methoxy groups -OCH3 is 1.